The Labute approximate surface area is 157 Å². The van der Waals surface area contributed by atoms with Gasteiger partial charge in [-0.15, -0.1) is 0 Å². The van der Waals surface area contributed by atoms with Crippen LogP contribution in [-0.4, -0.2) is 23.7 Å². The molecule has 2 heterocycles. The van der Waals surface area contributed by atoms with E-state index in [4.69, 9.17) is 0 Å². The van der Waals surface area contributed by atoms with E-state index in [1.54, 1.807) is 43.0 Å². The molecule has 0 atom stereocenters. The Morgan fingerprint density at radius 1 is 1.12 bits per heavy atom. The lowest BCUT2D eigenvalue weighted by molar-refractivity contribution is 0.600. The number of hydrogen-bond donors (Lipinski definition) is 1. The van der Waals surface area contributed by atoms with E-state index >= 15 is 0 Å². The topological polar surface area (TPSA) is 64.0 Å². The average molecular weight is 386 g/mol. The third-order valence-electron chi connectivity index (χ3n) is 4.36. The fourth-order valence-corrected chi connectivity index (χ4v) is 5.30. The number of imidazole rings is 1. The van der Waals surface area contributed by atoms with Crippen molar-refractivity contribution in [2.45, 2.75) is 30.4 Å². The fraction of sp³-hybridized carbons (Fsp3) is 0.211. The maximum atomic E-state index is 12.7. The van der Waals surface area contributed by atoms with Crippen LogP contribution in [0.4, 0.5) is 5.69 Å². The van der Waals surface area contributed by atoms with Gasteiger partial charge in [0.25, 0.3) is 10.0 Å². The molecular weight excluding hydrogens is 366 g/mol. The summed E-state index contributed by atoms with van der Waals surface area (Å²) in [5, 5.41) is 1.04. The van der Waals surface area contributed by atoms with Crippen molar-refractivity contribution in [3.05, 3.63) is 59.8 Å². The number of benzene rings is 2. The van der Waals surface area contributed by atoms with Gasteiger partial charge in [-0.25, -0.2) is 13.4 Å². The number of aromatic nitrogens is 2. The fourth-order valence-electron chi connectivity index (χ4n) is 3.07. The summed E-state index contributed by atoms with van der Waals surface area (Å²) in [6.07, 6.45) is 2.05. The van der Waals surface area contributed by atoms with E-state index in [1.165, 1.54) is 0 Å². The Bertz CT molecular complexity index is 1050. The summed E-state index contributed by atoms with van der Waals surface area (Å²) in [7, 11) is -3.61. The van der Waals surface area contributed by atoms with Crippen LogP contribution < -0.4 is 4.72 Å². The maximum Gasteiger partial charge on any atom is 0.262 e. The molecule has 0 spiro atoms. The van der Waals surface area contributed by atoms with Gasteiger partial charge in [0.15, 0.2) is 5.16 Å². The van der Waals surface area contributed by atoms with E-state index in [0.717, 1.165) is 39.8 Å². The van der Waals surface area contributed by atoms with Gasteiger partial charge in [-0.3, -0.25) is 4.72 Å². The maximum absolute atomic E-state index is 12.7. The molecule has 26 heavy (non-hydrogen) atoms. The number of rotatable bonds is 4. The molecule has 0 aliphatic carbocycles. The normalized spacial score (nSPS) is 13.6. The molecule has 5 nitrogen and oxygen atoms in total. The molecular formula is C19H19N3O2S2. The van der Waals surface area contributed by atoms with Gasteiger partial charge in [0.05, 0.1) is 10.6 Å². The van der Waals surface area contributed by atoms with Crippen molar-refractivity contribution in [2.24, 2.45) is 0 Å². The summed E-state index contributed by atoms with van der Waals surface area (Å²) in [6.45, 7) is 4.74. The lowest BCUT2D eigenvalue weighted by atomic mass is 10.1. The lowest BCUT2D eigenvalue weighted by Crippen LogP contribution is -2.14. The summed E-state index contributed by atoms with van der Waals surface area (Å²) >= 11 is 1.75. The smallest absolute Gasteiger partial charge is 0.262 e. The summed E-state index contributed by atoms with van der Waals surface area (Å²) in [5.41, 5.74) is 4.20. The largest absolute Gasteiger partial charge is 0.325 e. The van der Waals surface area contributed by atoms with Crippen LogP contribution in [0, 0.1) is 13.8 Å². The number of hydrogen-bond acceptors (Lipinski definition) is 4. The van der Waals surface area contributed by atoms with Crippen LogP contribution in [0.2, 0.25) is 0 Å². The minimum absolute atomic E-state index is 0.301. The molecule has 0 saturated carbocycles. The highest BCUT2D eigenvalue weighted by molar-refractivity contribution is 7.99. The second-order valence-electron chi connectivity index (χ2n) is 6.40. The highest BCUT2D eigenvalue weighted by Crippen LogP contribution is 2.29. The molecule has 0 bridgehead atoms. The van der Waals surface area contributed by atoms with Crippen molar-refractivity contribution < 1.29 is 8.42 Å². The second kappa shape index (κ2) is 6.48. The van der Waals surface area contributed by atoms with Gasteiger partial charge >= 0.3 is 0 Å². The minimum Gasteiger partial charge on any atom is -0.325 e. The van der Waals surface area contributed by atoms with Gasteiger partial charge in [-0.05, 0) is 37.6 Å². The summed E-state index contributed by atoms with van der Waals surface area (Å²) < 4.78 is 30.1. The molecule has 0 amide bonds. The third-order valence-corrected chi connectivity index (χ3v) is 6.87. The van der Waals surface area contributed by atoms with Gasteiger partial charge in [0, 0.05) is 29.7 Å². The van der Waals surface area contributed by atoms with Gasteiger partial charge in [-0.2, -0.15) is 0 Å². The molecule has 0 saturated heterocycles. The molecule has 7 heteroatoms. The number of anilines is 1. The van der Waals surface area contributed by atoms with Crippen LogP contribution in [0.25, 0.3) is 11.3 Å². The molecule has 1 aliphatic heterocycles. The molecule has 3 aromatic rings. The standard InChI is InChI=1S/C19H19N3O2S2/c1-13-3-8-18(14(2)11-13)26(23,24)21-16-6-4-15(5-7-16)17-12-22-9-10-25-19(22)20-17/h3-8,11-12,21H,9-10H2,1-2H3. The quantitative estimate of drug-likeness (QED) is 0.735. The number of aryl methyl sites for hydroxylation is 3. The SMILES string of the molecule is Cc1ccc(S(=O)(=O)Nc2ccc(-c3cn4c(n3)SCC4)cc2)c(C)c1. The van der Waals surface area contributed by atoms with Crippen molar-refractivity contribution in [3.63, 3.8) is 0 Å². The lowest BCUT2D eigenvalue weighted by Gasteiger charge is -2.11. The average Bonchev–Trinajstić information content (AvgIpc) is 3.16. The van der Waals surface area contributed by atoms with Gasteiger partial charge in [0.1, 0.15) is 0 Å². The van der Waals surface area contributed by atoms with Crippen molar-refractivity contribution >= 4 is 27.5 Å². The first kappa shape index (κ1) is 17.2. The first-order valence-electron chi connectivity index (χ1n) is 8.33. The van der Waals surface area contributed by atoms with Crippen LogP contribution in [0.1, 0.15) is 11.1 Å². The third kappa shape index (κ3) is 3.24. The van der Waals surface area contributed by atoms with Crippen molar-refractivity contribution in [3.8, 4) is 11.3 Å². The predicted octanol–water partition coefficient (Wildman–Crippen LogP) is 4.07. The number of nitrogens with one attached hydrogen (secondary N) is 1. The molecule has 2 aromatic carbocycles. The van der Waals surface area contributed by atoms with E-state index in [0.29, 0.717) is 10.6 Å². The molecule has 1 aliphatic rings. The Morgan fingerprint density at radius 3 is 2.58 bits per heavy atom. The summed E-state index contributed by atoms with van der Waals surface area (Å²) in [6, 6.07) is 12.6. The van der Waals surface area contributed by atoms with Crippen LogP contribution in [0.15, 0.2) is 58.7 Å². The monoisotopic (exact) mass is 385 g/mol. The summed E-state index contributed by atoms with van der Waals surface area (Å²) in [4.78, 5) is 4.92. The zero-order valence-corrected chi connectivity index (χ0v) is 16.2. The van der Waals surface area contributed by atoms with Gasteiger partial charge < -0.3 is 4.57 Å². The first-order chi connectivity index (χ1) is 12.4. The van der Waals surface area contributed by atoms with E-state index < -0.39 is 10.0 Å². The second-order valence-corrected chi connectivity index (χ2v) is 9.12. The van der Waals surface area contributed by atoms with Crippen molar-refractivity contribution in [1.82, 2.24) is 9.55 Å². The van der Waals surface area contributed by atoms with Crippen molar-refractivity contribution in [2.75, 3.05) is 10.5 Å². The highest BCUT2D eigenvalue weighted by atomic mass is 32.2. The molecule has 0 fully saturated rings. The molecule has 1 N–H and O–H groups in total. The van der Waals surface area contributed by atoms with E-state index in [1.807, 2.05) is 31.3 Å². The van der Waals surface area contributed by atoms with E-state index in [2.05, 4.69) is 14.3 Å². The van der Waals surface area contributed by atoms with Gasteiger partial charge in [-0.1, -0.05) is 41.6 Å². The Balaban J connectivity index is 1.56. The number of nitrogens with zero attached hydrogens (tertiary/aromatic N) is 2. The van der Waals surface area contributed by atoms with Crippen LogP contribution in [-0.2, 0) is 16.6 Å². The van der Waals surface area contributed by atoms with Crippen LogP contribution in [0.3, 0.4) is 0 Å². The molecule has 4 rings (SSSR count). The first-order valence-corrected chi connectivity index (χ1v) is 10.8. The Hall–Kier alpha value is -2.25. The van der Waals surface area contributed by atoms with Gasteiger partial charge in [0.2, 0.25) is 0 Å². The molecule has 1 aromatic heterocycles. The Morgan fingerprint density at radius 2 is 1.88 bits per heavy atom. The molecule has 0 unspecified atom stereocenters. The van der Waals surface area contributed by atoms with E-state index in [9.17, 15) is 8.42 Å². The number of thioether (sulfide) groups is 1. The van der Waals surface area contributed by atoms with Crippen LogP contribution >= 0.6 is 11.8 Å². The van der Waals surface area contributed by atoms with Crippen molar-refractivity contribution in [1.29, 1.82) is 0 Å². The minimum atomic E-state index is -3.61. The zero-order valence-electron chi connectivity index (χ0n) is 14.6. The predicted molar refractivity (Wildman–Crippen MR) is 105 cm³/mol. The number of sulfonamides is 1. The number of fused-ring (bicyclic) bond motifs is 1. The van der Waals surface area contributed by atoms with E-state index in [-0.39, 0.29) is 0 Å². The Kier molecular flexibility index (Phi) is 4.28. The molecule has 134 valence electrons. The zero-order chi connectivity index (χ0) is 18.3. The summed E-state index contributed by atoms with van der Waals surface area (Å²) in [5.74, 6) is 1.07. The molecule has 0 radical (unpaired) electrons. The highest BCUT2D eigenvalue weighted by Gasteiger charge is 2.18. The van der Waals surface area contributed by atoms with Crippen LogP contribution in [0.5, 0.6) is 0 Å².